The summed E-state index contributed by atoms with van der Waals surface area (Å²) in [6.45, 7) is 6.07. The van der Waals surface area contributed by atoms with Gasteiger partial charge in [0, 0.05) is 0 Å². The molecule has 23 heavy (non-hydrogen) atoms. The average Bonchev–Trinajstić information content (AvgIpc) is 2.98. The summed E-state index contributed by atoms with van der Waals surface area (Å²) in [6, 6.07) is 9.52. The van der Waals surface area contributed by atoms with Crippen molar-refractivity contribution in [1.29, 1.82) is 0 Å². The van der Waals surface area contributed by atoms with Crippen molar-refractivity contribution in [2.45, 2.75) is 39.2 Å². The molecule has 0 spiro atoms. The van der Waals surface area contributed by atoms with Gasteiger partial charge in [0.15, 0.2) is 17.4 Å². The lowest BCUT2D eigenvalue weighted by Gasteiger charge is -2.16. The van der Waals surface area contributed by atoms with E-state index in [1.54, 1.807) is 0 Å². The van der Waals surface area contributed by atoms with Gasteiger partial charge in [-0.05, 0) is 24.5 Å². The molecule has 0 amide bonds. The predicted octanol–water partition coefficient (Wildman–Crippen LogP) is 3.30. The lowest BCUT2D eigenvalue weighted by Crippen LogP contribution is -2.18. The summed E-state index contributed by atoms with van der Waals surface area (Å²) in [4.78, 5) is 19.7. The van der Waals surface area contributed by atoms with E-state index in [2.05, 4.69) is 20.2 Å². The number of nitrogens with zero attached hydrogens (tertiary/aromatic N) is 2. The Hall–Kier alpha value is -2.63. The maximum atomic E-state index is 12.3. The summed E-state index contributed by atoms with van der Waals surface area (Å²) >= 11 is 0. The minimum Gasteiger partial charge on any atom is -0.483 e. The Labute approximate surface area is 133 Å². The molecule has 0 aliphatic carbocycles. The molecular formula is C17H20N4O2. The van der Waals surface area contributed by atoms with Crippen molar-refractivity contribution in [3.8, 4) is 5.75 Å². The van der Waals surface area contributed by atoms with E-state index in [9.17, 15) is 4.79 Å². The summed E-state index contributed by atoms with van der Waals surface area (Å²) in [7, 11) is 0. The molecule has 3 rings (SSSR count). The zero-order chi connectivity index (χ0) is 16.4. The normalized spacial score (nSPS) is 12.7. The highest BCUT2D eigenvalue weighted by Crippen LogP contribution is 2.24. The number of aromatic nitrogens is 4. The van der Waals surface area contributed by atoms with Gasteiger partial charge in [-0.1, -0.05) is 39.0 Å². The molecule has 3 aromatic rings. The Morgan fingerprint density at radius 1 is 1.17 bits per heavy atom. The van der Waals surface area contributed by atoms with Crippen LogP contribution in [0.4, 0.5) is 0 Å². The smallest absolute Gasteiger partial charge is 0.279 e. The van der Waals surface area contributed by atoms with E-state index in [0.29, 0.717) is 23.3 Å². The van der Waals surface area contributed by atoms with Crippen molar-refractivity contribution >= 4 is 11.0 Å². The summed E-state index contributed by atoms with van der Waals surface area (Å²) < 4.78 is 5.97. The first-order chi connectivity index (χ1) is 11.1. The molecule has 1 aromatic carbocycles. The molecule has 0 aliphatic rings. The maximum absolute atomic E-state index is 12.3. The molecule has 0 radical (unpaired) electrons. The number of aromatic amines is 2. The lowest BCUT2D eigenvalue weighted by atomic mass is 10.1. The lowest BCUT2D eigenvalue weighted by molar-refractivity contribution is 0.191. The van der Waals surface area contributed by atoms with Crippen molar-refractivity contribution in [2.75, 3.05) is 0 Å². The van der Waals surface area contributed by atoms with Crippen LogP contribution in [0.1, 0.15) is 50.7 Å². The number of para-hydroxylation sites is 1. The van der Waals surface area contributed by atoms with Crippen LogP contribution in [0.2, 0.25) is 0 Å². The van der Waals surface area contributed by atoms with E-state index in [-0.39, 0.29) is 17.6 Å². The standard InChI is InChI=1S/C17H20N4O2/c1-4-12(23-11-8-6-5-7-9-11)16-18-14-13(10(2)3)20-21-15(14)17(22)19-16/h5-10,12H,4H2,1-3H3,(H,20,21)(H,18,19,22). The van der Waals surface area contributed by atoms with Gasteiger partial charge in [0.05, 0.1) is 5.69 Å². The third-order valence-electron chi connectivity index (χ3n) is 3.73. The Bertz CT molecular complexity index is 852. The number of H-pyrrole nitrogens is 2. The van der Waals surface area contributed by atoms with Crippen LogP contribution in [-0.4, -0.2) is 20.2 Å². The van der Waals surface area contributed by atoms with E-state index in [1.165, 1.54) is 0 Å². The Balaban J connectivity index is 2.03. The van der Waals surface area contributed by atoms with E-state index < -0.39 is 0 Å². The van der Waals surface area contributed by atoms with Gasteiger partial charge in [0.1, 0.15) is 11.3 Å². The Morgan fingerprint density at radius 2 is 1.91 bits per heavy atom. The third-order valence-corrected chi connectivity index (χ3v) is 3.73. The second kappa shape index (κ2) is 6.24. The predicted molar refractivity (Wildman–Crippen MR) is 88.7 cm³/mol. The zero-order valence-electron chi connectivity index (χ0n) is 13.5. The SMILES string of the molecule is CCC(Oc1ccccc1)c1nc2c(C(C)C)[nH]nc2c(=O)[nH]1. The summed E-state index contributed by atoms with van der Waals surface area (Å²) in [5.41, 5.74) is 1.58. The number of hydrogen-bond donors (Lipinski definition) is 2. The molecule has 6 heteroatoms. The zero-order valence-corrected chi connectivity index (χ0v) is 13.5. The number of nitrogens with one attached hydrogen (secondary N) is 2. The quantitative estimate of drug-likeness (QED) is 0.757. The minimum absolute atomic E-state index is 0.206. The van der Waals surface area contributed by atoms with Crippen LogP contribution in [0.3, 0.4) is 0 Å². The summed E-state index contributed by atoms with van der Waals surface area (Å²) in [6.07, 6.45) is 0.377. The molecule has 0 saturated carbocycles. The van der Waals surface area contributed by atoms with Crippen LogP contribution >= 0.6 is 0 Å². The minimum atomic E-state index is -0.315. The first-order valence-electron chi connectivity index (χ1n) is 7.80. The van der Waals surface area contributed by atoms with Gasteiger partial charge in [-0.2, -0.15) is 5.10 Å². The molecule has 0 bridgehead atoms. The van der Waals surface area contributed by atoms with Gasteiger partial charge in [-0.15, -0.1) is 0 Å². The highest BCUT2D eigenvalue weighted by Gasteiger charge is 2.19. The van der Waals surface area contributed by atoms with Crippen molar-refractivity contribution in [1.82, 2.24) is 20.2 Å². The van der Waals surface area contributed by atoms with E-state index in [0.717, 1.165) is 11.4 Å². The molecular weight excluding hydrogens is 292 g/mol. The highest BCUT2D eigenvalue weighted by molar-refractivity contribution is 5.76. The first-order valence-corrected chi connectivity index (χ1v) is 7.80. The van der Waals surface area contributed by atoms with E-state index in [1.807, 2.05) is 51.1 Å². The van der Waals surface area contributed by atoms with Gasteiger partial charge in [0.25, 0.3) is 5.56 Å². The number of hydrogen-bond acceptors (Lipinski definition) is 4. The molecule has 1 atom stereocenters. The fourth-order valence-corrected chi connectivity index (χ4v) is 2.50. The second-order valence-electron chi connectivity index (χ2n) is 5.77. The first kappa shape index (κ1) is 15.3. The maximum Gasteiger partial charge on any atom is 0.279 e. The van der Waals surface area contributed by atoms with Gasteiger partial charge < -0.3 is 9.72 Å². The molecule has 120 valence electrons. The largest absolute Gasteiger partial charge is 0.483 e. The Kier molecular flexibility index (Phi) is 4.14. The number of rotatable bonds is 5. The topological polar surface area (TPSA) is 83.7 Å². The van der Waals surface area contributed by atoms with Gasteiger partial charge in [-0.3, -0.25) is 9.89 Å². The molecule has 0 aliphatic heterocycles. The molecule has 0 fully saturated rings. The fourth-order valence-electron chi connectivity index (χ4n) is 2.50. The second-order valence-corrected chi connectivity index (χ2v) is 5.77. The molecule has 1 unspecified atom stereocenters. The molecule has 0 saturated heterocycles. The van der Waals surface area contributed by atoms with Crippen LogP contribution < -0.4 is 10.3 Å². The van der Waals surface area contributed by atoms with Crippen molar-refractivity contribution in [3.63, 3.8) is 0 Å². The molecule has 6 nitrogen and oxygen atoms in total. The number of fused-ring (bicyclic) bond motifs is 1. The number of ether oxygens (including phenoxy) is 1. The summed E-state index contributed by atoms with van der Waals surface area (Å²) in [5.74, 6) is 1.48. The van der Waals surface area contributed by atoms with E-state index in [4.69, 9.17) is 4.74 Å². The van der Waals surface area contributed by atoms with Crippen molar-refractivity contribution in [2.24, 2.45) is 0 Å². The van der Waals surface area contributed by atoms with Crippen LogP contribution in [-0.2, 0) is 0 Å². The van der Waals surface area contributed by atoms with Crippen LogP contribution in [0, 0.1) is 0 Å². The Morgan fingerprint density at radius 3 is 2.57 bits per heavy atom. The van der Waals surface area contributed by atoms with Crippen molar-refractivity contribution in [3.05, 3.63) is 52.2 Å². The fraction of sp³-hybridized carbons (Fsp3) is 0.353. The average molecular weight is 312 g/mol. The monoisotopic (exact) mass is 312 g/mol. The molecule has 2 N–H and O–H groups in total. The molecule has 2 aromatic heterocycles. The van der Waals surface area contributed by atoms with E-state index >= 15 is 0 Å². The number of benzene rings is 1. The van der Waals surface area contributed by atoms with Gasteiger partial charge in [-0.25, -0.2) is 4.98 Å². The van der Waals surface area contributed by atoms with Crippen LogP contribution in [0.15, 0.2) is 35.1 Å². The van der Waals surface area contributed by atoms with Gasteiger partial charge in [0.2, 0.25) is 0 Å². The van der Waals surface area contributed by atoms with Crippen molar-refractivity contribution < 1.29 is 4.74 Å². The van der Waals surface area contributed by atoms with Crippen LogP contribution in [0.25, 0.3) is 11.0 Å². The van der Waals surface area contributed by atoms with Gasteiger partial charge >= 0.3 is 0 Å². The highest BCUT2D eigenvalue weighted by atomic mass is 16.5. The summed E-state index contributed by atoms with van der Waals surface area (Å²) in [5, 5.41) is 6.99. The third kappa shape index (κ3) is 2.97. The van der Waals surface area contributed by atoms with Crippen LogP contribution in [0.5, 0.6) is 5.75 Å². The molecule has 2 heterocycles.